The number of carbonyl (C=O) groups excluding carboxylic acids is 4. The number of nitrogens with one attached hydrogen (secondary N) is 5. The molecule has 0 radical (unpaired) electrons. The van der Waals surface area contributed by atoms with Crippen LogP contribution in [0, 0.1) is 0 Å². The summed E-state index contributed by atoms with van der Waals surface area (Å²) in [5, 5.41) is 11.1. The molecule has 2 atom stereocenters. The predicted molar refractivity (Wildman–Crippen MR) is 112 cm³/mol. The first-order chi connectivity index (χ1) is 14.4. The fraction of sp³-hybridized carbons (Fsp3) is 0.400. The van der Waals surface area contributed by atoms with E-state index < -0.39 is 17.9 Å². The van der Waals surface area contributed by atoms with Crippen molar-refractivity contribution in [1.82, 2.24) is 26.3 Å². The fourth-order valence-corrected chi connectivity index (χ4v) is 3.08. The zero-order valence-corrected chi connectivity index (χ0v) is 16.9. The molecular formula is C20H28N6O4. The second-order valence-electron chi connectivity index (χ2n) is 6.95. The summed E-state index contributed by atoms with van der Waals surface area (Å²) in [7, 11) is 0. The molecule has 30 heavy (non-hydrogen) atoms. The Hall–Kier alpha value is -3.40. The number of aromatic nitrogens is 1. The number of carbonyl (C=O) groups is 4. The van der Waals surface area contributed by atoms with Crippen LogP contribution in [-0.2, 0) is 25.6 Å². The maximum Gasteiger partial charge on any atom is 0.242 e. The van der Waals surface area contributed by atoms with Crippen molar-refractivity contribution in [3.8, 4) is 0 Å². The molecule has 2 rings (SSSR count). The van der Waals surface area contributed by atoms with Gasteiger partial charge in [0.1, 0.15) is 6.04 Å². The molecule has 1 aromatic heterocycles. The standard InChI is InChI=1S/C20H28N6O4/c1-13(8-14-9-23-16-5-3-2-4-15(14)16)25-20(30)17(6-7-21)26-19(29)11-24-18(28)10-22-12-27/h2-5,9,12-13,17,23H,6-8,10-11,21H2,1H3,(H,22,27)(H,24,28)(H,25,30)(H,26,29)/t13?,17-/m0/s1. The van der Waals surface area contributed by atoms with Gasteiger partial charge < -0.3 is 32.0 Å². The topological polar surface area (TPSA) is 158 Å². The highest BCUT2D eigenvalue weighted by Crippen LogP contribution is 2.19. The Morgan fingerprint density at radius 1 is 1.13 bits per heavy atom. The van der Waals surface area contributed by atoms with E-state index in [2.05, 4.69) is 26.3 Å². The van der Waals surface area contributed by atoms with E-state index >= 15 is 0 Å². The Kier molecular flexibility index (Phi) is 8.82. The van der Waals surface area contributed by atoms with Crippen LogP contribution in [0.2, 0.25) is 0 Å². The minimum absolute atomic E-state index is 0.164. The van der Waals surface area contributed by atoms with Gasteiger partial charge in [0.15, 0.2) is 0 Å². The lowest BCUT2D eigenvalue weighted by Gasteiger charge is -2.21. The summed E-state index contributed by atoms with van der Waals surface area (Å²) in [4.78, 5) is 49.5. The summed E-state index contributed by atoms with van der Waals surface area (Å²) in [5.74, 6) is -1.37. The number of hydrogen-bond acceptors (Lipinski definition) is 5. The first-order valence-electron chi connectivity index (χ1n) is 9.73. The van der Waals surface area contributed by atoms with Gasteiger partial charge in [-0.2, -0.15) is 0 Å². The monoisotopic (exact) mass is 416 g/mol. The van der Waals surface area contributed by atoms with E-state index in [-0.39, 0.29) is 38.0 Å². The first kappa shape index (κ1) is 22.9. The molecule has 0 aliphatic heterocycles. The second-order valence-corrected chi connectivity index (χ2v) is 6.95. The number of H-pyrrole nitrogens is 1. The smallest absolute Gasteiger partial charge is 0.242 e. The van der Waals surface area contributed by atoms with Crippen LogP contribution in [0.4, 0.5) is 0 Å². The summed E-state index contributed by atoms with van der Waals surface area (Å²) in [6, 6.07) is 6.95. The highest BCUT2D eigenvalue weighted by Gasteiger charge is 2.22. The van der Waals surface area contributed by atoms with Gasteiger partial charge in [-0.3, -0.25) is 19.2 Å². The van der Waals surface area contributed by atoms with Gasteiger partial charge in [-0.05, 0) is 37.9 Å². The van der Waals surface area contributed by atoms with Gasteiger partial charge >= 0.3 is 0 Å². The molecule has 1 unspecified atom stereocenters. The van der Waals surface area contributed by atoms with Crippen molar-refractivity contribution in [2.75, 3.05) is 19.6 Å². The Bertz CT molecular complexity index is 881. The third-order valence-electron chi connectivity index (χ3n) is 4.49. The molecule has 0 fully saturated rings. The average Bonchev–Trinajstić information content (AvgIpc) is 3.13. The Balaban J connectivity index is 1.87. The molecule has 0 aliphatic carbocycles. The van der Waals surface area contributed by atoms with Gasteiger partial charge in [0.25, 0.3) is 0 Å². The number of aromatic amines is 1. The van der Waals surface area contributed by atoms with Crippen LogP contribution in [-0.4, -0.2) is 60.8 Å². The van der Waals surface area contributed by atoms with Crippen molar-refractivity contribution in [3.63, 3.8) is 0 Å². The van der Waals surface area contributed by atoms with Crippen LogP contribution < -0.4 is 27.0 Å². The van der Waals surface area contributed by atoms with E-state index in [0.717, 1.165) is 16.5 Å². The molecule has 0 spiro atoms. The summed E-state index contributed by atoms with van der Waals surface area (Å²) in [6.07, 6.45) is 3.20. The van der Waals surface area contributed by atoms with Crippen LogP contribution in [0.3, 0.4) is 0 Å². The molecule has 0 bridgehead atoms. The molecule has 162 valence electrons. The molecule has 0 saturated heterocycles. The molecule has 7 N–H and O–H groups in total. The number of amides is 4. The minimum atomic E-state index is -0.807. The first-order valence-corrected chi connectivity index (χ1v) is 9.73. The van der Waals surface area contributed by atoms with E-state index in [9.17, 15) is 19.2 Å². The van der Waals surface area contributed by atoms with Crippen LogP contribution >= 0.6 is 0 Å². The zero-order valence-electron chi connectivity index (χ0n) is 16.9. The quantitative estimate of drug-likeness (QED) is 0.242. The molecular weight excluding hydrogens is 388 g/mol. The molecule has 4 amide bonds. The lowest BCUT2D eigenvalue weighted by Crippen LogP contribution is -2.52. The number of fused-ring (bicyclic) bond motifs is 1. The van der Waals surface area contributed by atoms with E-state index in [0.29, 0.717) is 12.8 Å². The van der Waals surface area contributed by atoms with Crippen molar-refractivity contribution in [1.29, 1.82) is 0 Å². The zero-order chi connectivity index (χ0) is 21.9. The van der Waals surface area contributed by atoms with Gasteiger partial charge in [-0.1, -0.05) is 18.2 Å². The van der Waals surface area contributed by atoms with E-state index in [1.807, 2.05) is 37.4 Å². The third kappa shape index (κ3) is 6.89. The number of para-hydroxylation sites is 1. The third-order valence-corrected chi connectivity index (χ3v) is 4.49. The van der Waals surface area contributed by atoms with Crippen molar-refractivity contribution < 1.29 is 19.2 Å². The lowest BCUT2D eigenvalue weighted by atomic mass is 10.1. The van der Waals surface area contributed by atoms with Crippen molar-refractivity contribution in [2.45, 2.75) is 31.8 Å². The molecule has 10 nitrogen and oxygen atoms in total. The van der Waals surface area contributed by atoms with Gasteiger partial charge in [0.05, 0.1) is 13.1 Å². The lowest BCUT2D eigenvalue weighted by molar-refractivity contribution is -0.130. The fourth-order valence-electron chi connectivity index (χ4n) is 3.08. The predicted octanol–water partition coefficient (Wildman–Crippen LogP) is -1.09. The van der Waals surface area contributed by atoms with Gasteiger partial charge in [0, 0.05) is 23.1 Å². The van der Waals surface area contributed by atoms with E-state index in [1.165, 1.54) is 0 Å². The summed E-state index contributed by atoms with van der Waals surface area (Å²) >= 11 is 0. The average molecular weight is 416 g/mol. The number of nitrogens with two attached hydrogens (primary N) is 1. The minimum Gasteiger partial charge on any atom is -0.361 e. The summed E-state index contributed by atoms with van der Waals surface area (Å²) < 4.78 is 0. The van der Waals surface area contributed by atoms with E-state index in [1.54, 1.807) is 0 Å². The highest BCUT2D eigenvalue weighted by molar-refractivity contribution is 5.90. The number of hydrogen-bond donors (Lipinski definition) is 6. The summed E-state index contributed by atoms with van der Waals surface area (Å²) in [6.45, 7) is 1.57. The van der Waals surface area contributed by atoms with Crippen LogP contribution in [0.15, 0.2) is 30.5 Å². The summed E-state index contributed by atoms with van der Waals surface area (Å²) in [5.41, 5.74) is 7.70. The SMILES string of the molecule is CC(Cc1c[nH]c2ccccc12)NC(=O)[C@H](CCN)NC(=O)CNC(=O)CNC=O. The second kappa shape index (κ2) is 11.6. The number of rotatable bonds is 12. The molecule has 1 heterocycles. The molecule has 10 heteroatoms. The van der Waals surface area contributed by atoms with Crippen LogP contribution in [0.5, 0.6) is 0 Å². The van der Waals surface area contributed by atoms with Crippen LogP contribution in [0.25, 0.3) is 10.9 Å². The highest BCUT2D eigenvalue weighted by atomic mass is 16.2. The maximum atomic E-state index is 12.6. The van der Waals surface area contributed by atoms with Crippen molar-refractivity contribution in [3.05, 3.63) is 36.0 Å². The Morgan fingerprint density at radius 3 is 2.63 bits per heavy atom. The van der Waals surface area contributed by atoms with Crippen molar-refractivity contribution >= 4 is 35.0 Å². The van der Waals surface area contributed by atoms with Gasteiger partial charge in [0.2, 0.25) is 24.1 Å². The molecule has 0 aliphatic rings. The van der Waals surface area contributed by atoms with Crippen LogP contribution in [0.1, 0.15) is 18.9 Å². The largest absolute Gasteiger partial charge is 0.361 e. The normalized spacial score (nSPS) is 12.6. The van der Waals surface area contributed by atoms with Crippen molar-refractivity contribution in [2.24, 2.45) is 5.73 Å². The molecule has 1 aromatic carbocycles. The molecule has 0 saturated carbocycles. The van der Waals surface area contributed by atoms with Gasteiger partial charge in [-0.15, -0.1) is 0 Å². The van der Waals surface area contributed by atoms with Gasteiger partial charge in [-0.25, -0.2) is 0 Å². The maximum absolute atomic E-state index is 12.6. The molecule has 2 aromatic rings. The number of benzene rings is 1. The Labute approximate surface area is 174 Å². The van der Waals surface area contributed by atoms with E-state index in [4.69, 9.17) is 5.73 Å². The Morgan fingerprint density at radius 2 is 1.90 bits per heavy atom.